The molecule has 5 nitrogen and oxygen atoms in total. The average Bonchev–Trinajstić information content (AvgIpc) is 3.11. The number of aromatic nitrogens is 2. The third kappa shape index (κ3) is 2.03. The minimum absolute atomic E-state index is 0.286. The number of aryl methyl sites for hydroxylation is 2. The Kier molecular flexibility index (Phi) is 3.03. The van der Waals surface area contributed by atoms with E-state index in [1.54, 1.807) is 6.07 Å². The maximum atomic E-state index is 11.8. The molecule has 1 aliphatic carbocycles. The lowest BCUT2D eigenvalue weighted by atomic mass is 9.86. The standard InChI is InChI=1S/C21H20N2O3/c1-12-22-18-17(23(12)2)9-16(20(24)25)15-7-8-21(26-19(15)18)10-13-5-3-4-6-14(13)11-21/h3-6,9H,7-8,10-11H2,1-2H3,(H,24,25). The lowest BCUT2D eigenvalue weighted by Crippen LogP contribution is -2.41. The summed E-state index contributed by atoms with van der Waals surface area (Å²) in [6, 6.07) is 10.2. The van der Waals surface area contributed by atoms with Crippen LogP contribution in [-0.2, 0) is 26.3 Å². The molecule has 26 heavy (non-hydrogen) atoms. The Bertz CT molecular complexity index is 1060. The number of hydrogen-bond acceptors (Lipinski definition) is 3. The molecule has 3 aromatic rings. The van der Waals surface area contributed by atoms with E-state index in [0.29, 0.717) is 17.7 Å². The smallest absolute Gasteiger partial charge is 0.336 e. The Morgan fingerprint density at radius 1 is 1.27 bits per heavy atom. The number of fused-ring (bicyclic) bond motifs is 4. The first-order valence-electron chi connectivity index (χ1n) is 8.95. The summed E-state index contributed by atoms with van der Waals surface area (Å²) >= 11 is 0. The number of hydrogen-bond donors (Lipinski definition) is 1. The maximum absolute atomic E-state index is 11.8. The van der Waals surface area contributed by atoms with Gasteiger partial charge in [0.25, 0.3) is 0 Å². The molecule has 5 rings (SSSR count). The topological polar surface area (TPSA) is 64.3 Å². The Morgan fingerprint density at radius 3 is 2.62 bits per heavy atom. The van der Waals surface area contributed by atoms with Crippen LogP contribution in [0.4, 0.5) is 0 Å². The van der Waals surface area contributed by atoms with Gasteiger partial charge in [0.2, 0.25) is 0 Å². The molecule has 1 spiro atoms. The number of ether oxygens (including phenoxy) is 1. The van der Waals surface area contributed by atoms with Crippen molar-refractivity contribution in [3.8, 4) is 5.75 Å². The van der Waals surface area contributed by atoms with Crippen LogP contribution in [0.5, 0.6) is 5.75 Å². The van der Waals surface area contributed by atoms with Crippen LogP contribution in [0.3, 0.4) is 0 Å². The number of aromatic carboxylic acids is 1. The van der Waals surface area contributed by atoms with Crippen LogP contribution in [0.15, 0.2) is 30.3 Å². The predicted octanol–water partition coefficient (Wildman–Crippen LogP) is 3.44. The fourth-order valence-electron chi connectivity index (χ4n) is 4.53. The van der Waals surface area contributed by atoms with Gasteiger partial charge in [-0.05, 0) is 37.0 Å². The van der Waals surface area contributed by atoms with Crippen LogP contribution in [-0.4, -0.2) is 26.2 Å². The third-order valence-corrected chi connectivity index (χ3v) is 5.98. The summed E-state index contributed by atoms with van der Waals surface area (Å²) in [7, 11) is 1.91. The van der Waals surface area contributed by atoms with Crippen molar-refractivity contribution in [2.24, 2.45) is 7.05 Å². The van der Waals surface area contributed by atoms with Gasteiger partial charge in [-0.3, -0.25) is 0 Å². The molecule has 0 fully saturated rings. The molecule has 132 valence electrons. The van der Waals surface area contributed by atoms with Crippen molar-refractivity contribution < 1.29 is 14.6 Å². The van der Waals surface area contributed by atoms with Gasteiger partial charge >= 0.3 is 5.97 Å². The number of nitrogens with zero attached hydrogens (tertiary/aromatic N) is 2. The van der Waals surface area contributed by atoms with Crippen LogP contribution in [0.1, 0.15) is 39.3 Å². The fraction of sp³-hybridized carbons (Fsp3) is 0.333. The van der Waals surface area contributed by atoms with E-state index in [4.69, 9.17) is 4.74 Å². The van der Waals surface area contributed by atoms with Crippen molar-refractivity contribution in [2.45, 2.75) is 38.2 Å². The van der Waals surface area contributed by atoms with E-state index in [1.165, 1.54) is 11.1 Å². The Labute approximate surface area is 151 Å². The van der Waals surface area contributed by atoms with Gasteiger partial charge in [-0.25, -0.2) is 9.78 Å². The molecular weight excluding hydrogens is 328 g/mol. The molecule has 2 heterocycles. The van der Waals surface area contributed by atoms with E-state index in [9.17, 15) is 9.90 Å². The highest BCUT2D eigenvalue weighted by molar-refractivity contribution is 5.98. The van der Waals surface area contributed by atoms with Crippen LogP contribution in [0.2, 0.25) is 0 Å². The summed E-state index contributed by atoms with van der Waals surface area (Å²) in [6.07, 6.45) is 3.27. The third-order valence-electron chi connectivity index (χ3n) is 5.98. The van der Waals surface area contributed by atoms with Gasteiger partial charge in [-0.1, -0.05) is 24.3 Å². The van der Waals surface area contributed by atoms with Gasteiger partial charge in [-0.2, -0.15) is 0 Å². The van der Waals surface area contributed by atoms with E-state index in [1.807, 2.05) is 18.5 Å². The minimum atomic E-state index is -0.906. The minimum Gasteiger partial charge on any atom is -0.484 e. The van der Waals surface area contributed by atoms with Crippen molar-refractivity contribution in [3.63, 3.8) is 0 Å². The van der Waals surface area contributed by atoms with Crippen LogP contribution < -0.4 is 4.74 Å². The van der Waals surface area contributed by atoms with Crippen molar-refractivity contribution in [3.05, 3.63) is 58.4 Å². The molecular formula is C21H20N2O3. The summed E-state index contributed by atoms with van der Waals surface area (Å²) in [5.41, 5.74) is 5.08. The SMILES string of the molecule is Cc1nc2c3c(c(C(=O)O)cc2n1C)CCC1(Cc2ccccc2C1)O3. The second kappa shape index (κ2) is 5.10. The number of benzene rings is 2. The molecule has 2 aliphatic rings. The van der Waals surface area contributed by atoms with Crippen molar-refractivity contribution in [1.29, 1.82) is 0 Å². The van der Waals surface area contributed by atoms with Gasteiger partial charge in [0.05, 0.1) is 11.1 Å². The average molecular weight is 348 g/mol. The molecule has 0 saturated carbocycles. The molecule has 0 bridgehead atoms. The lowest BCUT2D eigenvalue weighted by Gasteiger charge is -2.36. The summed E-state index contributed by atoms with van der Waals surface area (Å²) in [5.74, 6) is 0.613. The van der Waals surface area contributed by atoms with Crippen LogP contribution >= 0.6 is 0 Å². The second-order valence-electron chi connectivity index (χ2n) is 7.53. The quantitative estimate of drug-likeness (QED) is 0.732. The van der Waals surface area contributed by atoms with Gasteiger partial charge in [0, 0.05) is 25.5 Å². The molecule has 0 atom stereocenters. The molecule has 5 heteroatoms. The molecule has 0 unspecified atom stereocenters. The number of imidazole rings is 1. The Hall–Kier alpha value is -2.82. The number of carbonyl (C=O) groups is 1. The van der Waals surface area contributed by atoms with Crippen LogP contribution in [0.25, 0.3) is 11.0 Å². The normalized spacial score (nSPS) is 17.2. The second-order valence-corrected chi connectivity index (χ2v) is 7.53. The highest BCUT2D eigenvalue weighted by Crippen LogP contribution is 2.45. The van der Waals surface area contributed by atoms with Gasteiger partial charge < -0.3 is 14.4 Å². The fourth-order valence-corrected chi connectivity index (χ4v) is 4.53. The van der Waals surface area contributed by atoms with E-state index in [-0.39, 0.29) is 5.60 Å². The molecule has 1 aromatic heterocycles. The van der Waals surface area contributed by atoms with Crippen molar-refractivity contribution in [1.82, 2.24) is 9.55 Å². The predicted molar refractivity (Wildman–Crippen MR) is 97.9 cm³/mol. The Balaban J connectivity index is 1.69. The highest BCUT2D eigenvalue weighted by atomic mass is 16.5. The van der Waals surface area contributed by atoms with Crippen molar-refractivity contribution >= 4 is 17.0 Å². The molecule has 2 aromatic carbocycles. The first kappa shape index (κ1) is 15.4. The number of rotatable bonds is 1. The first-order chi connectivity index (χ1) is 12.5. The number of carboxylic acid groups (broad SMARTS) is 1. The summed E-state index contributed by atoms with van der Waals surface area (Å²) < 4.78 is 8.52. The summed E-state index contributed by atoms with van der Waals surface area (Å²) in [6.45, 7) is 1.93. The van der Waals surface area contributed by atoms with E-state index < -0.39 is 5.97 Å². The van der Waals surface area contributed by atoms with Gasteiger partial charge in [-0.15, -0.1) is 0 Å². The highest BCUT2D eigenvalue weighted by Gasteiger charge is 2.43. The molecule has 0 amide bonds. The molecule has 1 aliphatic heterocycles. The maximum Gasteiger partial charge on any atom is 0.336 e. The van der Waals surface area contributed by atoms with Crippen molar-refractivity contribution in [2.75, 3.05) is 0 Å². The summed E-state index contributed by atoms with van der Waals surface area (Å²) in [4.78, 5) is 16.5. The molecule has 0 saturated heterocycles. The van der Waals surface area contributed by atoms with Gasteiger partial charge in [0.1, 0.15) is 16.9 Å². The van der Waals surface area contributed by atoms with E-state index >= 15 is 0 Å². The molecule has 1 N–H and O–H groups in total. The largest absolute Gasteiger partial charge is 0.484 e. The lowest BCUT2D eigenvalue weighted by molar-refractivity contribution is 0.0560. The zero-order chi connectivity index (χ0) is 18.1. The van der Waals surface area contributed by atoms with E-state index in [0.717, 1.165) is 41.7 Å². The van der Waals surface area contributed by atoms with Crippen LogP contribution in [0, 0.1) is 6.92 Å². The first-order valence-corrected chi connectivity index (χ1v) is 8.95. The zero-order valence-electron chi connectivity index (χ0n) is 14.9. The zero-order valence-corrected chi connectivity index (χ0v) is 14.9. The van der Waals surface area contributed by atoms with E-state index in [2.05, 4.69) is 29.2 Å². The molecule has 0 radical (unpaired) electrons. The monoisotopic (exact) mass is 348 g/mol. The number of carboxylic acids is 1. The van der Waals surface area contributed by atoms with Gasteiger partial charge in [0.15, 0.2) is 5.75 Å². The summed E-state index contributed by atoms with van der Waals surface area (Å²) in [5, 5.41) is 9.71. The Morgan fingerprint density at radius 2 is 1.96 bits per heavy atom.